The second kappa shape index (κ2) is 5.87. The number of hydrogen-bond acceptors (Lipinski definition) is 3. The number of rotatable bonds is 2. The lowest BCUT2D eigenvalue weighted by atomic mass is 9.54. The summed E-state index contributed by atoms with van der Waals surface area (Å²) >= 11 is 0. The summed E-state index contributed by atoms with van der Waals surface area (Å²) in [6, 6.07) is 5.70. The molecular weight excluding hydrogens is 296 g/mol. The zero-order valence-electron chi connectivity index (χ0n) is 14.6. The number of phenolic OH excluding ortho intramolecular Hbond substituents is 1. The van der Waals surface area contributed by atoms with Crippen molar-refractivity contribution in [1.82, 2.24) is 0 Å². The Labute approximate surface area is 137 Å². The van der Waals surface area contributed by atoms with Crippen molar-refractivity contribution >= 4 is 11.9 Å². The lowest BCUT2D eigenvalue weighted by Crippen LogP contribution is -2.57. The molecule has 0 atom stereocenters. The van der Waals surface area contributed by atoms with Crippen LogP contribution >= 0.6 is 0 Å². The average molecular weight is 322 g/mol. The third kappa shape index (κ3) is 3.19. The molecule has 5 nitrogen and oxygen atoms in total. The minimum atomic E-state index is -1.79. The van der Waals surface area contributed by atoms with Gasteiger partial charge in [0.2, 0.25) is 0 Å². The highest BCUT2D eigenvalue weighted by Gasteiger charge is 2.62. The number of phenols is 1. The van der Waals surface area contributed by atoms with E-state index < -0.39 is 28.2 Å². The summed E-state index contributed by atoms with van der Waals surface area (Å²) in [6.45, 7) is 9.84. The third-order valence-corrected chi connectivity index (χ3v) is 4.43. The van der Waals surface area contributed by atoms with E-state index in [-0.39, 0.29) is 0 Å². The molecule has 1 aromatic rings. The standard InChI is InChI=1S/C11H20O4.C7H6O/c1-9(2,3)11(7(12)13,8(14)15)10(4,5)6;8-7-2-1-5-3-6(7)4-5/h1-6H3,(H,12,13)(H,14,15);1-3,8H,4H2. The normalized spacial score (nSPS) is 13.5. The summed E-state index contributed by atoms with van der Waals surface area (Å²) in [5.41, 5.74) is -1.09. The van der Waals surface area contributed by atoms with E-state index in [9.17, 15) is 19.8 Å². The lowest BCUT2D eigenvalue weighted by Gasteiger charge is -2.46. The Kier molecular flexibility index (Phi) is 4.85. The van der Waals surface area contributed by atoms with E-state index in [4.69, 9.17) is 5.11 Å². The van der Waals surface area contributed by atoms with Gasteiger partial charge in [-0.1, -0.05) is 53.7 Å². The molecule has 0 spiro atoms. The predicted molar refractivity (Wildman–Crippen MR) is 87.5 cm³/mol. The first kappa shape index (κ1) is 19.0. The van der Waals surface area contributed by atoms with Gasteiger partial charge < -0.3 is 15.3 Å². The van der Waals surface area contributed by atoms with Crippen LogP contribution in [0.25, 0.3) is 0 Å². The molecule has 1 aromatic carbocycles. The van der Waals surface area contributed by atoms with Crippen LogP contribution in [0.1, 0.15) is 52.7 Å². The molecule has 2 aliphatic rings. The van der Waals surface area contributed by atoms with Gasteiger partial charge in [0, 0.05) is 6.42 Å². The van der Waals surface area contributed by atoms with Crippen LogP contribution in [0.2, 0.25) is 0 Å². The van der Waals surface area contributed by atoms with Crippen molar-refractivity contribution in [2.45, 2.75) is 48.0 Å². The molecular formula is C18H26O5. The topological polar surface area (TPSA) is 94.8 Å². The van der Waals surface area contributed by atoms with E-state index in [0.29, 0.717) is 5.75 Å². The maximum atomic E-state index is 11.4. The average Bonchev–Trinajstić information content (AvgIpc) is 2.22. The van der Waals surface area contributed by atoms with E-state index >= 15 is 0 Å². The summed E-state index contributed by atoms with van der Waals surface area (Å²) < 4.78 is 0. The van der Waals surface area contributed by atoms with Gasteiger partial charge in [-0.3, -0.25) is 9.59 Å². The van der Waals surface area contributed by atoms with E-state index in [0.717, 1.165) is 12.0 Å². The summed E-state index contributed by atoms with van der Waals surface area (Å²) in [4.78, 5) is 22.8. The minimum Gasteiger partial charge on any atom is -0.508 e. The molecule has 3 N–H and O–H groups in total. The Morgan fingerprint density at radius 3 is 1.39 bits per heavy atom. The van der Waals surface area contributed by atoms with Gasteiger partial charge in [-0.25, -0.2) is 0 Å². The molecule has 0 radical (unpaired) electrons. The Hall–Kier alpha value is -2.04. The number of aromatic hydroxyl groups is 1. The predicted octanol–water partition coefficient (Wildman–Crippen LogP) is 3.53. The maximum absolute atomic E-state index is 11.4. The molecule has 0 amide bonds. The molecule has 0 saturated carbocycles. The van der Waals surface area contributed by atoms with Crippen LogP contribution in [-0.2, 0) is 16.0 Å². The Morgan fingerprint density at radius 2 is 1.30 bits per heavy atom. The van der Waals surface area contributed by atoms with E-state index in [2.05, 4.69) is 0 Å². The van der Waals surface area contributed by atoms with Gasteiger partial charge in [0.15, 0.2) is 5.41 Å². The van der Waals surface area contributed by atoms with Crippen molar-refractivity contribution in [2.24, 2.45) is 16.2 Å². The van der Waals surface area contributed by atoms with Crippen molar-refractivity contribution in [2.75, 3.05) is 0 Å². The third-order valence-electron chi connectivity index (χ3n) is 4.43. The Balaban J connectivity index is 0.000000270. The minimum absolute atomic E-state index is 0.444. The molecule has 0 heterocycles. The zero-order chi connectivity index (χ0) is 18.2. The van der Waals surface area contributed by atoms with Crippen LogP contribution in [0.4, 0.5) is 0 Å². The van der Waals surface area contributed by atoms with Crippen LogP contribution < -0.4 is 0 Å². The number of aliphatic carboxylic acids is 2. The van der Waals surface area contributed by atoms with Gasteiger partial charge in [-0.2, -0.15) is 0 Å². The highest BCUT2D eigenvalue weighted by atomic mass is 16.4. The maximum Gasteiger partial charge on any atom is 0.322 e. The first-order valence-corrected chi connectivity index (χ1v) is 7.52. The summed E-state index contributed by atoms with van der Waals surface area (Å²) in [5.74, 6) is -2.12. The molecule has 128 valence electrons. The molecule has 0 aliphatic heterocycles. The van der Waals surface area contributed by atoms with Crippen molar-refractivity contribution in [3.05, 3.63) is 29.3 Å². The molecule has 23 heavy (non-hydrogen) atoms. The number of carbonyl (C=O) groups is 2. The summed E-state index contributed by atoms with van der Waals surface area (Å²) in [6.07, 6.45) is 0.975. The number of hydrogen-bond donors (Lipinski definition) is 3. The number of carboxylic acids is 2. The molecule has 3 rings (SSSR count). The summed E-state index contributed by atoms with van der Waals surface area (Å²) in [7, 11) is 0. The molecule has 2 aliphatic carbocycles. The van der Waals surface area contributed by atoms with Gasteiger partial charge in [0.05, 0.1) is 0 Å². The largest absolute Gasteiger partial charge is 0.508 e. The fourth-order valence-electron chi connectivity index (χ4n) is 3.48. The number of benzene rings is 1. The molecule has 2 bridgehead atoms. The second-order valence-electron chi connectivity index (χ2n) is 8.00. The van der Waals surface area contributed by atoms with Crippen LogP contribution in [0.15, 0.2) is 18.2 Å². The van der Waals surface area contributed by atoms with Gasteiger partial charge in [0.1, 0.15) is 5.75 Å². The van der Waals surface area contributed by atoms with E-state index in [1.807, 2.05) is 12.1 Å². The molecule has 5 heteroatoms. The van der Waals surface area contributed by atoms with Crippen molar-refractivity contribution in [1.29, 1.82) is 0 Å². The Bertz CT molecular complexity index is 578. The molecule has 0 unspecified atom stereocenters. The van der Waals surface area contributed by atoms with Gasteiger partial charge in [-0.15, -0.1) is 0 Å². The fourth-order valence-corrected chi connectivity index (χ4v) is 3.48. The number of fused-ring (bicyclic) bond motifs is 2. The summed E-state index contributed by atoms with van der Waals surface area (Å²) in [5, 5.41) is 27.5. The van der Waals surface area contributed by atoms with E-state index in [1.54, 1.807) is 47.6 Å². The Morgan fingerprint density at radius 1 is 0.913 bits per heavy atom. The quantitative estimate of drug-likeness (QED) is 0.735. The molecule has 0 aromatic heterocycles. The van der Waals surface area contributed by atoms with Crippen LogP contribution in [-0.4, -0.2) is 27.3 Å². The van der Waals surface area contributed by atoms with Crippen LogP contribution in [0.3, 0.4) is 0 Å². The first-order chi connectivity index (χ1) is 10.2. The highest BCUT2D eigenvalue weighted by molar-refractivity contribution is 6.00. The lowest BCUT2D eigenvalue weighted by molar-refractivity contribution is -0.186. The van der Waals surface area contributed by atoms with Crippen molar-refractivity contribution in [3.8, 4) is 5.75 Å². The van der Waals surface area contributed by atoms with Crippen LogP contribution in [0.5, 0.6) is 5.75 Å². The molecule has 0 fully saturated rings. The zero-order valence-corrected chi connectivity index (χ0v) is 14.6. The fraction of sp³-hybridized carbons (Fsp3) is 0.556. The van der Waals surface area contributed by atoms with Gasteiger partial charge in [0.25, 0.3) is 0 Å². The van der Waals surface area contributed by atoms with Crippen molar-refractivity contribution in [3.63, 3.8) is 0 Å². The monoisotopic (exact) mass is 322 g/mol. The molecule has 0 saturated heterocycles. The first-order valence-electron chi connectivity index (χ1n) is 7.52. The van der Waals surface area contributed by atoms with Gasteiger partial charge >= 0.3 is 11.9 Å². The number of carboxylic acid groups (broad SMARTS) is 2. The van der Waals surface area contributed by atoms with Crippen molar-refractivity contribution < 1.29 is 24.9 Å². The highest BCUT2D eigenvalue weighted by Crippen LogP contribution is 2.52. The SMILES string of the molecule is CC(C)(C)C(C(=O)O)(C(=O)O)C(C)(C)C.Oc1ccc2cc1C2. The smallest absolute Gasteiger partial charge is 0.322 e. The second-order valence-corrected chi connectivity index (χ2v) is 8.00. The van der Waals surface area contributed by atoms with Crippen LogP contribution in [0, 0.1) is 16.2 Å². The van der Waals surface area contributed by atoms with E-state index in [1.165, 1.54) is 5.56 Å². The van der Waals surface area contributed by atoms with Gasteiger partial charge in [-0.05, 0) is 28.0 Å².